The van der Waals surface area contributed by atoms with E-state index in [4.69, 9.17) is 11.6 Å². The summed E-state index contributed by atoms with van der Waals surface area (Å²) in [6.07, 6.45) is 3.56. The van der Waals surface area contributed by atoms with Crippen LogP contribution in [0.3, 0.4) is 0 Å². The summed E-state index contributed by atoms with van der Waals surface area (Å²) in [7, 11) is 0. The van der Waals surface area contributed by atoms with Gasteiger partial charge in [0.1, 0.15) is 4.34 Å². The van der Waals surface area contributed by atoms with Crippen molar-refractivity contribution in [3.63, 3.8) is 0 Å². The van der Waals surface area contributed by atoms with Crippen LogP contribution in [0.4, 0.5) is 5.69 Å². The fourth-order valence-electron chi connectivity index (χ4n) is 1.69. The van der Waals surface area contributed by atoms with Crippen molar-refractivity contribution in [2.24, 2.45) is 0 Å². The Kier molecular flexibility index (Phi) is 2.53. The Balaban J connectivity index is 2.10. The third kappa shape index (κ3) is 1.85. The Morgan fingerprint density at radius 3 is 2.94 bits per heavy atom. The number of hydrogen-bond acceptors (Lipinski definition) is 4. The molecule has 0 atom stereocenters. The fraction of sp³-hybridized carbons (Fsp3) is 0. The van der Waals surface area contributed by atoms with Crippen LogP contribution >= 0.6 is 22.9 Å². The van der Waals surface area contributed by atoms with Crippen molar-refractivity contribution in [1.29, 1.82) is 0 Å². The van der Waals surface area contributed by atoms with Crippen molar-refractivity contribution in [3.8, 4) is 11.3 Å². The maximum Gasteiger partial charge on any atom is 0.270 e. The van der Waals surface area contributed by atoms with Crippen LogP contribution in [0.2, 0.25) is 4.34 Å². The molecule has 0 bridgehead atoms. The van der Waals surface area contributed by atoms with E-state index in [9.17, 15) is 10.1 Å². The monoisotopic (exact) mass is 279 g/mol. The molecule has 0 unspecified atom stereocenters. The van der Waals surface area contributed by atoms with Gasteiger partial charge in [0.25, 0.3) is 5.69 Å². The van der Waals surface area contributed by atoms with Crippen molar-refractivity contribution in [1.82, 2.24) is 9.38 Å². The van der Waals surface area contributed by atoms with Gasteiger partial charge in [0.15, 0.2) is 4.96 Å². The number of aromatic nitrogens is 2. The van der Waals surface area contributed by atoms with Crippen LogP contribution in [-0.2, 0) is 0 Å². The van der Waals surface area contributed by atoms with Crippen LogP contribution in [0.1, 0.15) is 0 Å². The molecule has 0 saturated heterocycles. The van der Waals surface area contributed by atoms with E-state index < -0.39 is 4.92 Å². The highest BCUT2D eigenvalue weighted by atomic mass is 35.5. The maximum absolute atomic E-state index is 10.7. The Morgan fingerprint density at radius 2 is 2.22 bits per heavy atom. The maximum atomic E-state index is 10.7. The van der Waals surface area contributed by atoms with Gasteiger partial charge in [0.2, 0.25) is 0 Å². The smallest absolute Gasteiger partial charge is 0.270 e. The second kappa shape index (κ2) is 4.08. The molecular formula is C11H6ClN3O2S. The summed E-state index contributed by atoms with van der Waals surface area (Å²) in [4.78, 5) is 15.4. The summed E-state index contributed by atoms with van der Waals surface area (Å²) in [6.45, 7) is 0. The lowest BCUT2D eigenvalue weighted by Gasteiger charge is -1.95. The molecule has 0 aliphatic carbocycles. The summed E-state index contributed by atoms with van der Waals surface area (Å²) in [5, 5.41) is 10.7. The molecule has 0 N–H and O–H groups in total. The molecule has 0 aliphatic rings. The Hall–Kier alpha value is -1.92. The highest BCUT2D eigenvalue weighted by Gasteiger charge is 2.11. The van der Waals surface area contributed by atoms with Crippen molar-refractivity contribution >= 4 is 33.6 Å². The Labute approximate surface area is 110 Å². The Morgan fingerprint density at radius 1 is 1.39 bits per heavy atom. The summed E-state index contributed by atoms with van der Waals surface area (Å²) in [5.74, 6) is 0. The molecule has 3 aromatic rings. The van der Waals surface area contributed by atoms with Crippen LogP contribution < -0.4 is 0 Å². The van der Waals surface area contributed by atoms with Crippen molar-refractivity contribution in [2.45, 2.75) is 0 Å². The minimum absolute atomic E-state index is 0.0573. The van der Waals surface area contributed by atoms with Crippen LogP contribution in [0, 0.1) is 10.1 Å². The van der Waals surface area contributed by atoms with E-state index in [1.807, 2.05) is 0 Å². The quantitative estimate of drug-likeness (QED) is 0.532. The highest BCUT2D eigenvalue weighted by Crippen LogP contribution is 2.27. The van der Waals surface area contributed by atoms with Crippen molar-refractivity contribution in [2.75, 3.05) is 0 Å². The number of halogens is 1. The number of nitro groups is 1. The first-order chi connectivity index (χ1) is 8.63. The van der Waals surface area contributed by atoms with E-state index >= 15 is 0 Å². The minimum atomic E-state index is -0.418. The molecule has 3 rings (SSSR count). The zero-order chi connectivity index (χ0) is 12.7. The lowest BCUT2D eigenvalue weighted by molar-refractivity contribution is -0.384. The predicted octanol–water partition coefficient (Wildman–Crippen LogP) is 3.62. The average Bonchev–Trinajstić information content (AvgIpc) is 2.86. The van der Waals surface area contributed by atoms with Gasteiger partial charge in [-0.1, -0.05) is 35.1 Å². The predicted molar refractivity (Wildman–Crippen MR) is 70.2 cm³/mol. The molecule has 1 aromatic carbocycles. The number of nitro benzene ring substituents is 1. The summed E-state index contributed by atoms with van der Waals surface area (Å²) >= 11 is 7.22. The summed E-state index contributed by atoms with van der Waals surface area (Å²) in [6, 6.07) is 6.40. The van der Waals surface area contributed by atoms with E-state index in [1.165, 1.54) is 23.5 Å². The molecule has 0 amide bonds. The number of benzene rings is 1. The Bertz CT molecular complexity index is 718. The van der Waals surface area contributed by atoms with Crippen molar-refractivity contribution in [3.05, 3.63) is 51.1 Å². The lowest BCUT2D eigenvalue weighted by Crippen LogP contribution is -1.87. The van der Waals surface area contributed by atoms with Gasteiger partial charge in [-0.3, -0.25) is 14.5 Å². The van der Waals surface area contributed by atoms with Crippen LogP contribution in [0.5, 0.6) is 0 Å². The molecule has 0 aliphatic heterocycles. The molecule has 7 heteroatoms. The van der Waals surface area contributed by atoms with Gasteiger partial charge < -0.3 is 0 Å². The van der Waals surface area contributed by atoms with Gasteiger partial charge in [-0.2, -0.15) is 0 Å². The number of non-ortho nitro benzene ring substituents is 1. The first kappa shape index (κ1) is 11.2. The molecule has 0 spiro atoms. The molecule has 0 saturated carbocycles. The SMILES string of the molecule is O=[N+]([O-])c1cccc(-c2cn3cc(Cl)sc3n2)c1. The molecule has 2 heterocycles. The summed E-state index contributed by atoms with van der Waals surface area (Å²) in [5.41, 5.74) is 1.47. The second-order valence-corrected chi connectivity index (χ2v) is 5.30. The highest BCUT2D eigenvalue weighted by molar-refractivity contribution is 7.20. The van der Waals surface area contributed by atoms with Gasteiger partial charge in [-0.05, 0) is 0 Å². The molecule has 0 fully saturated rings. The van der Waals surface area contributed by atoms with Gasteiger partial charge in [-0.15, -0.1) is 0 Å². The van der Waals surface area contributed by atoms with E-state index in [0.29, 0.717) is 10.0 Å². The molecule has 0 radical (unpaired) electrons. The molecule has 5 nitrogen and oxygen atoms in total. The second-order valence-electron chi connectivity index (χ2n) is 3.66. The van der Waals surface area contributed by atoms with Gasteiger partial charge in [-0.25, -0.2) is 4.98 Å². The third-order valence-corrected chi connectivity index (χ3v) is 3.59. The average molecular weight is 280 g/mol. The first-order valence-electron chi connectivity index (χ1n) is 5.02. The molecule has 2 aromatic heterocycles. The van der Waals surface area contributed by atoms with Crippen LogP contribution in [-0.4, -0.2) is 14.3 Å². The number of hydrogen-bond donors (Lipinski definition) is 0. The number of imidazole rings is 1. The van der Waals surface area contributed by atoms with Crippen LogP contribution in [0.25, 0.3) is 16.2 Å². The first-order valence-corrected chi connectivity index (χ1v) is 6.22. The van der Waals surface area contributed by atoms with Gasteiger partial charge >= 0.3 is 0 Å². The van der Waals surface area contributed by atoms with Crippen molar-refractivity contribution < 1.29 is 4.92 Å². The number of nitrogens with zero attached hydrogens (tertiary/aromatic N) is 3. The van der Waals surface area contributed by atoms with Gasteiger partial charge in [0.05, 0.1) is 10.6 Å². The third-order valence-electron chi connectivity index (χ3n) is 2.48. The molecule has 90 valence electrons. The zero-order valence-electron chi connectivity index (χ0n) is 8.91. The topological polar surface area (TPSA) is 60.4 Å². The fourth-order valence-corrected chi connectivity index (χ4v) is 2.69. The minimum Gasteiger partial charge on any atom is -0.296 e. The largest absolute Gasteiger partial charge is 0.296 e. The zero-order valence-corrected chi connectivity index (χ0v) is 10.5. The molecular weight excluding hydrogens is 274 g/mol. The lowest BCUT2D eigenvalue weighted by atomic mass is 10.1. The van der Waals surface area contributed by atoms with E-state index in [-0.39, 0.29) is 5.69 Å². The number of rotatable bonds is 2. The number of thiazole rings is 1. The summed E-state index contributed by atoms with van der Waals surface area (Å²) < 4.78 is 2.46. The van der Waals surface area contributed by atoms with Gasteiger partial charge in [0, 0.05) is 30.1 Å². The normalized spacial score (nSPS) is 10.9. The van der Waals surface area contributed by atoms with Crippen LogP contribution in [0.15, 0.2) is 36.7 Å². The number of fused-ring (bicyclic) bond motifs is 1. The van der Waals surface area contributed by atoms with E-state index in [1.54, 1.807) is 28.9 Å². The standard InChI is InChI=1S/C11H6ClN3O2S/c12-10-6-14-5-9(13-11(14)18-10)7-2-1-3-8(4-7)15(16)17/h1-6H. The molecule has 18 heavy (non-hydrogen) atoms. The van der Waals surface area contributed by atoms with E-state index in [0.717, 1.165) is 10.5 Å². The van der Waals surface area contributed by atoms with E-state index in [2.05, 4.69) is 4.98 Å².